The number of aliphatic hydroxyl groups is 1. The number of rotatable bonds is 6. The van der Waals surface area contributed by atoms with Crippen LogP contribution in [-0.2, 0) is 0 Å². The van der Waals surface area contributed by atoms with E-state index in [1.54, 1.807) is 37.3 Å². The van der Waals surface area contributed by atoms with E-state index in [9.17, 15) is 27.8 Å². The van der Waals surface area contributed by atoms with Gasteiger partial charge in [-0.3, -0.25) is 4.98 Å². The number of benzene rings is 2. The Morgan fingerprint density at radius 2 is 1.80 bits per heavy atom. The number of thioether (sulfide) groups is 1. The van der Waals surface area contributed by atoms with Crippen LogP contribution in [0, 0.1) is 12.7 Å². The molecular weight excluding hydrogens is 420 g/mol. The number of aromatic nitrogens is 1. The molecule has 0 aliphatic carbocycles. The van der Waals surface area contributed by atoms with Crippen molar-refractivity contribution in [1.82, 2.24) is 4.98 Å². The van der Waals surface area contributed by atoms with Gasteiger partial charge in [0, 0.05) is 28.1 Å². The third-order valence-electron chi connectivity index (χ3n) is 4.83. The van der Waals surface area contributed by atoms with Crippen LogP contribution >= 0.6 is 11.8 Å². The van der Waals surface area contributed by atoms with E-state index < -0.39 is 40.7 Å². The van der Waals surface area contributed by atoms with Gasteiger partial charge in [-0.2, -0.15) is 24.9 Å². The Labute approximate surface area is 175 Å². The maximum absolute atomic E-state index is 14.0. The Hall–Kier alpha value is -2.52. The van der Waals surface area contributed by atoms with Crippen LogP contribution in [-0.4, -0.2) is 39.0 Å². The van der Waals surface area contributed by atoms with Gasteiger partial charge in [-0.05, 0) is 43.5 Å². The number of nitrogens with zero attached hydrogens (tertiary/aromatic N) is 1. The molecule has 2 unspecified atom stereocenters. The van der Waals surface area contributed by atoms with Gasteiger partial charge in [-0.25, -0.2) is 4.39 Å². The fourth-order valence-corrected chi connectivity index (χ4v) is 4.08. The highest BCUT2D eigenvalue weighted by Gasteiger charge is 2.59. The van der Waals surface area contributed by atoms with Gasteiger partial charge >= 0.3 is 6.18 Å². The molecule has 4 nitrogen and oxygen atoms in total. The van der Waals surface area contributed by atoms with Crippen molar-refractivity contribution in [3.8, 4) is 5.75 Å². The second kappa shape index (κ2) is 8.31. The lowest BCUT2D eigenvalue weighted by Crippen LogP contribution is -2.54. The van der Waals surface area contributed by atoms with Crippen molar-refractivity contribution in [2.45, 2.75) is 24.7 Å². The van der Waals surface area contributed by atoms with Crippen molar-refractivity contribution in [2.75, 3.05) is 17.3 Å². The number of hydrogen-bond donors (Lipinski definition) is 3. The molecule has 2 atom stereocenters. The van der Waals surface area contributed by atoms with Crippen molar-refractivity contribution in [2.24, 2.45) is 0 Å². The summed E-state index contributed by atoms with van der Waals surface area (Å²) in [5.74, 6) is -2.76. The Morgan fingerprint density at radius 1 is 1.10 bits per heavy atom. The summed E-state index contributed by atoms with van der Waals surface area (Å²) in [7, 11) is 0. The summed E-state index contributed by atoms with van der Waals surface area (Å²) < 4.78 is 56.1. The third-order valence-corrected chi connectivity index (χ3v) is 5.56. The first-order chi connectivity index (χ1) is 14.1. The average Bonchev–Trinajstić information content (AvgIpc) is 2.67. The van der Waals surface area contributed by atoms with Gasteiger partial charge in [0.1, 0.15) is 0 Å². The monoisotopic (exact) mass is 440 g/mol. The Balaban J connectivity index is 2.22. The SMILES string of the molecule is CSCC(O)(C(Nc1cccc2nc(C)ccc12)c1cccc(F)c1O)C(F)(F)F. The van der Waals surface area contributed by atoms with E-state index in [4.69, 9.17) is 0 Å². The van der Waals surface area contributed by atoms with Crippen LogP contribution < -0.4 is 5.32 Å². The van der Waals surface area contributed by atoms with Crippen LogP contribution in [0.3, 0.4) is 0 Å². The largest absolute Gasteiger partial charge is 0.505 e. The number of aromatic hydroxyl groups is 1. The molecule has 0 saturated heterocycles. The molecule has 160 valence electrons. The topological polar surface area (TPSA) is 65.4 Å². The lowest BCUT2D eigenvalue weighted by molar-refractivity contribution is -0.256. The number of pyridine rings is 1. The standard InChI is InChI=1S/C21H20F4N2O2S/c1-12-9-10-13-16(26-12)7-4-8-17(13)27-19(14-5-3-6-15(22)18(14)28)20(29,11-30-2)21(23,24)25/h3-10,19,27-29H,11H2,1-2H3. The summed E-state index contributed by atoms with van der Waals surface area (Å²) in [5.41, 5.74) is -2.16. The van der Waals surface area contributed by atoms with E-state index in [2.05, 4.69) is 10.3 Å². The number of anilines is 1. The van der Waals surface area contributed by atoms with E-state index in [1.165, 1.54) is 12.3 Å². The van der Waals surface area contributed by atoms with E-state index >= 15 is 0 Å². The fraction of sp³-hybridized carbons (Fsp3) is 0.286. The molecule has 0 fully saturated rings. The number of alkyl halides is 3. The summed E-state index contributed by atoms with van der Waals surface area (Å²) in [5, 5.41) is 24.2. The lowest BCUT2D eigenvalue weighted by Gasteiger charge is -2.38. The van der Waals surface area contributed by atoms with Crippen LogP contribution in [0.4, 0.5) is 23.2 Å². The maximum atomic E-state index is 14.0. The molecule has 0 aliphatic heterocycles. The number of halogens is 4. The highest BCUT2D eigenvalue weighted by atomic mass is 32.2. The summed E-state index contributed by atoms with van der Waals surface area (Å²) in [6.45, 7) is 1.79. The molecule has 0 amide bonds. The predicted octanol–water partition coefficient (Wildman–Crippen LogP) is 5.20. The van der Waals surface area contributed by atoms with Crippen LogP contribution in [0.25, 0.3) is 10.9 Å². The van der Waals surface area contributed by atoms with E-state index in [0.717, 1.165) is 29.6 Å². The predicted molar refractivity (Wildman–Crippen MR) is 110 cm³/mol. The molecule has 9 heteroatoms. The lowest BCUT2D eigenvalue weighted by atomic mass is 9.88. The Bertz CT molecular complexity index is 1060. The molecule has 1 heterocycles. The number of aryl methyl sites for hydroxylation is 1. The molecule has 0 saturated carbocycles. The molecule has 30 heavy (non-hydrogen) atoms. The molecule has 0 spiro atoms. The van der Waals surface area contributed by atoms with Gasteiger partial charge in [0.2, 0.25) is 0 Å². The zero-order valence-corrected chi connectivity index (χ0v) is 17.0. The number of phenols is 1. The first-order valence-corrected chi connectivity index (χ1v) is 10.4. The normalized spacial score (nSPS) is 15.0. The molecule has 0 aliphatic rings. The second-order valence-electron chi connectivity index (χ2n) is 6.93. The number of nitrogens with one attached hydrogen (secondary N) is 1. The number of para-hydroxylation sites is 1. The van der Waals surface area contributed by atoms with Crippen molar-refractivity contribution in [1.29, 1.82) is 0 Å². The van der Waals surface area contributed by atoms with Gasteiger partial charge < -0.3 is 15.5 Å². The van der Waals surface area contributed by atoms with Crippen molar-refractivity contribution in [3.63, 3.8) is 0 Å². The van der Waals surface area contributed by atoms with E-state index in [-0.39, 0.29) is 5.69 Å². The first-order valence-electron chi connectivity index (χ1n) is 8.97. The van der Waals surface area contributed by atoms with Crippen LogP contribution in [0.15, 0.2) is 48.5 Å². The minimum Gasteiger partial charge on any atom is -0.505 e. The van der Waals surface area contributed by atoms with Gasteiger partial charge in [0.05, 0.1) is 11.6 Å². The van der Waals surface area contributed by atoms with Gasteiger partial charge in [-0.1, -0.05) is 18.2 Å². The van der Waals surface area contributed by atoms with Gasteiger partial charge in [0.15, 0.2) is 17.2 Å². The first kappa shape index (κ1) is 22.2. The molecular formula is C21H20F4N2O2S. The quantitative estimate of drug-likeness (QED) is 0.460. The molecule has 2 aromatic carbocycles. The third kappa shape index (κ3) is 4.04. The molecule has 3 N–H and O–H groups in total. The highest BCUT2D eigenvalue weighted by molar-refractivity contribution is 7.98. The van der Waals surface area contributed by atoms with E-state index in [0.29, 0.717) is 10.9 Å². The Kier molecular flexibility index (Phi) is 6.14. The Morgan fingerprint density at radius 3 is 2.47 bits per heavy atom. The molecule has 0 radical (unpaired) electrons. The minimum atomic E-state index is -5.06. The molecule has 3 rings (SSSR count). The number of phenolic OH excluding ortho intramolecular Hbond substituents is 1. The van der Waals surface area contributed by atoms with Crippen molar-refractivity contribution < 1.29 is 27.8 Å². The van der Waals surface area contributed by atoms with Crippen LogP contribution in [0.1, 0.15) is 17.3 Å². The summed E-state index contributed by atoms with van der Waals surface area (Å²) in [4.78, 5) is 4.36. The smallest absolute Gasteiger partial charge is 0.420 e. The number of fused-ring (bicyclic) bond motifs is 1. The minimum absolute atomic E-state index is 0.262. The fourth-order valence-electron chi connectivity index (χ4n) is 3.31. The summed E-state index contributed by atoms with van der Waals surface area (Å²) in [6, 6.07) is 9.65. The van der Waals surface area contributed by atoms with Crippen LogP contribution in [0.5, 0.6) is 5.75 Å². The molecule has 3 aromatic rings. The summed E-state index contributed by atoms with van der Waals surface area (Å²) >= 11 is 0.787. The zero-order chi connectivity index (χ0) is 22.1. The van der Waals surface area contributed by atoms with Crippen molar-refractivity contribution in [3.05, 3.63) is 65.6 Å². The van der Waals surface area contributed by atoms with Gasteiger partial charge in [0.25, 0.3) is 0 Å². The van der Waals surface area contributed by atoms with Crippen LogP contribution in [0.2, 0.25) is 0 Å². The average molecular weight is 440 g/mol. The number of hydrogen-bond acceptors (Lipinski definition) is 5. The second-order valence-corrected chi connectivity index (χ2v) is 7.80. The van der Waals surface area contributed by atoms with Crippen molar-refractivity contribution >= 4 is 28.4 Å². The van der Waals surface area contributed by atoms with E-state index in [1.807, 2.05) is 0 Å². The maximum Gasteiger partial charge on any atom is 0.420 e. The summed E-state index contributed by atoms with van der Waals surface area (Å²) in [6.07, 6.45) is -3.64. The molecule has 0 bridgehead atoms. The highest BCUT2D eigenvalue weighted by Crippen LogP contribution is 2.46. The zero-order valence-electron chi connectivity index (χ0n) is 16.2. The molecule has 1 aromatic heterocycles. The van der Waals surface area contributed by atoms with Gasteiger partial charge in [-0.15, -0.1) is 0 Å².